The number of carbonyl (C=O) groups is 1. The number of esters is 1. The van der Waals surface area contributed by atoms with Crippen LogP contribution in [0.4, 0.5) is 5.82 Å². The van der Waals surface area contributed by atoms with Crippen molar-refractivity contribution in [2.24, 2.45) is 5.92 Å². The number of aromatic nitrogens is 1. The van der Waals surface area contributed by atoms with Gasteiger partial charge in [-0.15, -0.1) is 0 Å². The van der Waals surface area contributed by atoms with Crippen molar-refractivity contribution in [1.29, 1.82) is 0 Å². The second kappa shape index (κ2) is 6.21. The molecule has 1 aromatic heterocycles. The number of pyridine rings is 1. The number of hydrogen-bond donors (Lipinski definition) is 1. The Balaban J connectivity index is 2.01. The normalized spacial score (nSPS) is 19.4. The molecule has 1 aliphatic heterocycles. The molecule has 0 spiro atoms. The van der Waals surface area contributed by atoms with Crippen LogP contribution >= 0.6 is 11.6 Å². The lowest BCUT2D eigenvalue weighted by Crippen LogP contribution is -2.24. The second-order valence-electron chi connectivity index (χ2n) is 4.62. The molecule has 1 N–H and O–H groups in total. The van der Waals surface area contributed by atoms with Crippen LogP contribution in [0.2, 0.25) is 5.02 Å². The van der Waals surface area contributed by atoms with Gasteiger partial charge in [0, 0.05) is 20.1 Å². The first-order valence-electron chi connectivity index (χ1n) is 6.27. The highest BCUT2D eigenvalue weighted by Crippen LogP contribution is 2.23. The lowest BCUT2D eigenvalue weighted by Gasteiger charge is -2.16. The summed E-state index contributed by atoms with van der Waals surface area (Å²) in [6, 6.07) is 3.68. The maximum atomic E-state index is 11.5. The highest BCUT2D eigenvalue weighted by atomic mass is 35.5. The van der Waals surface area contributed by atoms with Crippen molar-refractivity contribution in [3.05, 3.63) is 22.8 Å². The molecule has 104 valence electrons. The number of carbonyl (C=O) groups excluding carboxylic acids is 1. The Kier molecular flexibility index (Phi) is 4.61. The van der Waals surface area contributed by atoms with E-state index in [0.29, 0.717) is 18.1 Å². The van der Waals surface area contributed by atoms with Gasteiger partial charge in [-0.25, -0.2) is 4.98 Å². The molecule has 1 aliphatic rings. The minimum Gasteiger partial charge on any atom is -0.469 e. The van der Waals surface area contributed by atoms with Gasteiger partial charge in [-0.3, -0.25) is 9.69 Å². The molecule has 1 aromatic rings. The predicted molar refractivity (Wildman–Crippen MR) is 74.2 cm³/mol. The molecule has 1 unspecified atom stereocenters. The van der Waals surface area contributed by atoms with Crippen LogP contribution < -0.4 is 5.32 Å². The Bertz CT molecular complexity index is 467. The SMILES string of the molecule is CNc1ccc(Cl)c(CN2CCC(C(=O)OC)C2)n1. The number of nitrogens with one attached hydrogen (secondary N) is 1. The Labute approximate surface area is 117 Å². The summed E-state index contributed by atoms with van der Waals surface area (Å²) < 4.78 is 4.78. The molecule has 0 radical (unpaired) electrons. The average molecular weight is 284 g/mol. The summed E-state index contributed by atoms with van der Waals surface area (Å²) in [7, 11) is 3.25. The van der Waals surface area contributed by atoms with E-state index in [9.17, 15) is 4.79 Å². The quantitative estimate of drug-likeness (QED) is 0.854. The van der Waals surface area contributed by atoms with Crippen LogP contribution in [0.1, 0.15) is 12.1 Å². The summed E-state index contributed by atoms with van der Waals surface area (Å²) in [5.74, 6) is 0.630. The van der Waals surface area contributed by atoms with E-state index in [2.05, 4.69) is 15.2 Å². The zero-order valence-corrected chi connectivity index (χ0v) is 11.9. The van der Waals surface area contributed by atoms with E-state index in [0.717, 1.165) is 24.5 Å². The van der Waals surface area contributed by atoms with Crippen LogP contribution in [0, 0.1) is 5.92 Å². The monoisotopic (exact) mass is 283 g/mol. The van der Waals surface area contributed by atoms with Crippen molar-refractivity contribution in [3.63, 3.8) is 0 Å². The molecule has 1 fully saturated rings. The van der Waals surface area contributed by atoms with E-state index < -0.39 is 0 Å². The molecule has 5 nitrogen and oxygen atoms in total. The minimum absolute atomic E-state index is 0.0312. The van der Waals surface area contributed by atoms with Gasteiger partial charge in [0.1, 0.15) is 5.82 Å². The molecule has 0 aromatic carbocycles. The third kappa shape index (κ3) is 3.36. The zero-order chi connectivity index (χ0) is 13.8. The standard InChI is InChI=1S/C13H18ClN3O2/c1-15-12-4-3-10(14)11(16-12)8-17-6-5-9(7-17)13(18)19-2/h3-4,9H,5-8H2,1-2H3,(H,15,16). The third-order valence-electron chi connectivity index (χ3n) is 3.36. The number of rotatable bonds is 4. The fourth-order valence-electron chi connectivity index (χ4n) is 2.28. The number of hydrogen-bond acceptors (Lipinski definition) is 5. The van der Waals surface area contributed by atoms with Gasteiger partial charge in [0.25, 0.3) is 0 Å². The van der Waals surface area contributed by atoms with E-state index in [-0.39, 0.29) is 11.9 Å². The van der Waals surface area contributed by atoms with Gasteiger partial charge in [-0.05, 0) is 25.1 Å². The van der Waals surface area contributed by atoms with Gasteiger partial charge < -0.3 is 10.1 Å². The highest BCUT2D eigenvalue weighted by Gasteiger charge is 2.29. The van der Waals surface area contributed by atoms with E-state index in [1.807, 2.05) is 19.2 Å². The molecule has 0 amide bonds. The van der Waals surface area contributed by atoms with Crippen molar-refractivity contribution in [2.45, 2.75) is 13.0 Å². The number of nitrogens with zero attached hydrogens (tertiary/aromatic N) is 2. The van der Waals surface area contributed by atoms with Crippen LogP contribution in [0.3, 0.4) is 0 Å². The van der Waals surface area contributed by atoms with Gasteiger partial charge in [-0.1, -0.05) is 11.6 Å². The Morgan fingerprint density at radius 2 is 2.42 bits per heavy atom. The number of anilines is 1. The average Bonchev–Trinajstić information content (AvgIpc) is 2.89. The highest BCUT2D eigenvalue weighted by molar-refractivity contribution is 6.31. The molecule has 19 heavy (non-hydrogen) atoms. The third-order valence-corrected chi connectivity index (χ3v) is 3.70. The molecule has 0 bridgehead atoms. The van der Waals surface area contributed by atoms with Gasteiger partial charge in [0.15, 0.2) is 0 Å². The molecule has 0 aliphatic carbocycles. The first kappa shape index (κ1) is 14.1. The van der Waals surface area contributed by atoms with E-state index in [1.165, 1.54) is 7.11 Å². The van der Waals surface area contributed by atoms with Crippen LogP contribution in [-0.4, -0.2) is 43.1 Å². The lowest BCUT2D eigenvalue weighted by molar-refractivity contribution is -0.144. The summed E-state index contributed by atoms with van der Waals surface area (Å²) in [4.78, 5) is 18.1. The van der Waals surface area contributed by atoms with Gasteiger partial charge in [0.2, 0.25) is 0 Å². The lowest BCUT2D eigenvalue weighted by atomic mass is 10.1. The minimum atomic E-state index is -0.134. The predicted octanol–water partition coefficient (Wildman–Crippen LogP) is 1.77. The van der Waals surface area contributed by atoms with Crippen LogP contribution in [0.25, 0.3) is 0 Å². The summed E-state index contributed by atoms with van der Waals surface area (Å²) >= 11 is 6.15. The zero-order valence-electron chi connectivity index (χ0n) is 11.1. The van der Waals surface area contributed by atoms with Gasteiger partial charge in [-0.2, -0.15) is 0 Å². The van der Waals surface area contributed by atoms with Gasteiger partial charge >= 0.3 is 5.97 Å². The Hall–Kier alpha value is -1.33. The first-order chi connectivity index (χ1) is 9.13. The fraction of sp³-hybridized carbons (Fsp3) is 0.538. The maximum Gasteiger partial charge on any atom is 0.310 e. The molecular weight excluding hydrogens is 266 g/mol. The van der Waals surface area contributed by atoms with Crippen molar-refractivity contribution in [2.75, 3.05) is 32.6 Å². The maximum absolute atomic E-state index is 11.5. The number of halogens is 1. The molecule has 0 saturated carbocycles. The summed E-state index contributed by atoms with van der Waals surface area (Å²) in [6.45, 7) is 2.22. The fourth-order valence-corrected chi connectivity index (χ4v) is 2.45. The molecule has 1 saturated heterocycles. The first-order valence-corrected chi connectivity index (χ1v) is 6.65. The van der Waals surface area contributed by atoms with Crippen molar-refractivity contribution in [1.82, 2.24) is 9.88 Å². The van der Waals surface area contributed by atoms with Gasteiger partial charge in [0.05, 0.1) is 23.7 Å². The number of methoxy groups -OCH3 is 1. The van der Waals surface area contributed by atoms with E-state index in [1.54, 1.807) is 0 Å². The molecule has 2 rings (SSSR count). The van der Waals surface area contributed by atoms with Crippen LogP contribution in [-0.2, 0) is 16.1 Å². The molecular formula is C13H18ClN3O2. The summed E-state index contributed by atoms with van der Waals surface area (Å²) in [5.41, 5.74) is 0.832. The topological polar surface area (TPSA) is 54.5 Å². The van der Waals surface area contributed by atoms with Crippen molar-refractivity contribution >= 4 is 23.4 Å². The smallest absolute Gasteiger partial charge is 0.310 e. The summed E-state index contributed by atoms with van der Waals surface area (Å²) in [6.07, 6.45) is 0.829. The number of ether oxygens (including phenoxy) is 1. The largest absolute Gasteiger partial charge is 0.469 e. The Morgan fingerprint density at radius 1 is 1.63 bits per heavy atom. The number of likely N-dealkylation sites (tertiary alicyclic amines) is 1. The van der Waals surface area contributed by atoms with Crippen LogP contribution in [0.15, 0.2) is 12.1 Å². The molecule has 2 heterocycles. The van der Waals surface area contributed by atoms with Crippen LogP contribution in [0.5, 0.6) is 0 Å². The van der Waals surface area contributed by atoms with E-state index >= 15 is 0 Å². The summed E-state index contributed by atoms with van der Waals surface area (Å²) in [5, 5.41) is 3.65. The van der Waals surface area contributed by atoms with Crippen molar-refractivity contribution in [3.8, 4) is 0 Å². The second-order valence-corrected chi connectivity index (χ2v) is 5.03. The molecule has 1 atom stereocenters. The van der Waals surface area contributed by atoms with Crippen molar-refractivity contribution < 1.29 is 9.53 Å². The molecule has 6 heteroatoms. The Morgan fingerprint density at radius 3 is 3.11 bits per heavy atom. The van der Waals surface area contributed by atoms with E-state index in [4.69, 9.17) is 16.3 Å².